The summed E-state index contributed by atoms with van der Waals surface area (Å²) < 4.78 is 12.9. The Labute approximate surface area is 412 Å². The molecule has 0 unspecified atom stereocenters. The number of hydrogen-bond acceptors (Lipinski definition) is 15. The number of hydrogen-bond donors (Lipinski definition) is 6. The summed E-state index contributed by atoms with van der Waals surface area (Å²) >= 11 is 1.57. The van der Waals surface area contributed by atoms with Crippen molar-refractivity contribution in [2.45, 2.75) is 150 Å². The van der Waals surface area contributed by atoms with E-state index in [0.717, 1.165) is 53.8 Å². The Morgan fingerprint density at radius 3 is 2.36 bits per heavy atom. The summed E-state index contributed by atoms with van der Waals surface area (Å²) in [5.41, 5.74) is 10.6. The van der Waals surface area contributed by atoms with Crippen LogP contribution in [0, 0.1) is 24.2 Å². The molecule has 0 spiro atoms. The fraction of sp³-hybridized carbons (Fsp3) is 0.540. The van der Waals surface area contributed by atoms with Crippen LogP contribution in [0.5, 0.6) is 5.75 Å². The minimum absolute atomic E-state index is 0.00582. The van der Waals surface area contributed by atoms with Crippen LogP contribution < -0.4 is 26.4 Å². The van der Waals surface area contributed by atoms with Crippen LogP contribution in [0.2, 0.25) is 0 Å². The zero-order valence-electron chi connectivity index (χ0n) is 41.3. The van der Waals surface area contributed by atoms with Crippen molar-refractivity contribution in [3.8, 4) is 39.5 Å². The number of nitrogens with two attached hydrogens (primary N) is 1. The summed E-state index contributed by atoms with van der Waals surface area (Å²) in [7, 11) is 0. The molecule has 4 amide bonds. The van der Waals surface area contributed by atoms with E-state index in [4.69, 9.17) is 20.1 Å². The summed E-state index contributed by atoms with van der Waals surface area (Å²) in [6.45, 7) is 14.3. The molecule has 1 aliphatic rings. The van der Waals surface area contributed by atoms with Gasteiger partial charge in [-0.25, -0.2) is 19.6 Å². The number of nitrogens with one attached hydrogen (secondary N) is 3. The molecule has 70 heavy (non-hydrogen) atoms. The number of aryl methyl sites for hydroxylation is 2. The van der Waals surface area contributed by atoms with Gasteiger partial charge in [0.15, 0.2) is 23.1 Å². The van der Waals surface area contributed by atoms with E-state index in [-0.39, 0.29) is 55.2 Å². The van der Waals surface area contributed by atoms with E-state index in [2.05, 4.69) is 48.1 Å². The Kier molecular flexibility index (Phi) is 18.1. The van der Waals surface area contributed by atoms with Gasteiger partial charge in [0, 0.05) is 45.4 Å². The topological polar surface area (TPSA) is 266 Å². The number of benzene rings is 1. The number of unbranched alkanes of at least 4 members (excludes halogenated alkanes) is 5. The Bertz CT molecular complexity index is 2650. The van der Waals surface area contributed by atoms with Crippen LogP contribution in [0.4, 0.5) is 5.82 Å². The molecule has 0 saturated carbocycles. The van der Waals surface area contributed by atoms with Gasteiger partial charge < -0.3 is 46.1 Å². The largest absolute Gasteiger partial charge is 0.490 e. The highest BCUT2D eigenvalue weighted by molar-refractivity contribution is 7.13. The monoisotopic (exact) mass is 981 g/mol. The molecule has 4 aromatic heterocycles. The van der Waals surface area contributed by atoms with Gasteiger partial charge >= 0.3 is 0 Å². The molecule has 3 atom stereocenters. The van der Waals surface area contributed by atoms with Crippen LogP contribution in [-0.4, -0.2) is 112 Å². The lowest BCUT2D eigenvalue weighted by Crippen LogP contribution is -2.57. The zero-order chi connectivity index (χ0) is 50.6. The molecule has 20 heteroatoms. The number of rotatable bonds is 22. The summed E-state index contributed by atoms with van der Waals surface area (Å²) in [5.74, 6) is 5.66. The SMILES string of the molecule is CCn1c(-c2nonc2N)nc2c(C#CC(C)(C)O)ncc(OCCCCCCCC(=O)NCCCCC(=O)N[C@H](C(=O)N3C[C@H](O)C[C@H]3C(=O)NCc3ccc(-c4scnc4C)cc3)C(C)(C)C)c21. The quantitative estimate of drug-likeness (QED) is 0.0372. The Morgan fingerprint density at radius 2 is 1.69 bits per heavy atom. The van der Waals surface area contributed by atoms with E-state index in [9.17, 15) is 29.4 Å². The smallest absolute Gasteiger partial charge is 0.246 e. The average molecular weight is 982 g/mol. The van der Waals surface area contributed by atoms with Crippen molar-refractivity contribution in [3.05, 3.63) is 52.9 Å². The van der Waals surface area contributed by atoms with Gasteiger partial charge in [-0.2, -0.15) is 0 Å². The second kappa shape index (κ2) is 23.9. The number of aromatic nitrogens is 6. The standard InChI is InChI=1S/C50H67N11O8S/c1-8-60-42-37(28-53-35(22-23-50(6,7)67)40(42)57-46(60)41-45(51)59-69-58-41)68-25-15-11-9-10-12-16-38(63)52-24-14-13-17-39(64)56-44(49(3,4)5)48(66)61-29-34(62)26-36(61)47(65)54-27-32-18-20-33(21-19-32)43-31(2)55-30-70-43/h18-21,28,30,34,36,44,62,67H,8-17,24-27,29H2,1-7H3,(H2,51,59)(H,52,63)(H,54,65)(H,56,64)/t34-,36+,44-/m1/s1. The molecule has 7 N–H and O–H groups in total. The lowest BCUT2D eigenvalue weighted by molar-refractivity contribution is -0.144. The number of carbonyl (C=O) groups excluding carboxylic acids is 4. The van der Waals surface area contributed by atoms with Crippen LogP contribution in [0.15, 0.2) is 40.6 Å². The number of fused-ring (bicyclic) bond motifs is 1. The lowest BCUT2D eigenvalue weighted by Gasteiger charge is -2.35. The number of aliphatic hydroxyl groups excluding tert-OH is 1. The molecule has 1 saturated heterocycles. The molecule has 19 nitrogen and oxygen atoms in total. The first-order chi connectivity index (χ1) is 33.3. The number of carbonyl (C=O) groups is 4. The highest BCUT2D eigenvalue weighted by Crippen LogP contribution is 2.34. The van der Waals surface area contributed by atoms with Gasteiger partial charge in [-0.1, -0.05) is 70.2 Å². The van der Waals surface area contributed by atoms with Crippen molar-refractivity contribution in [2.75, 3.05) is 25.4 Å². The molecule has 376 valence electrons. The van der Waals surface area contributed by atoms with Crippen molar-refractivity contribution in [1.82, 2.24) is 50.7 Å². The molecular weight excluding hydrogens is 915 g/mol. The van der Waals surface area contributed by atoms with Crippen LogP contribution in [0.3, 0.4) is 0 Å². The first kappa shape index (κ1) is 52.9. The second-order valence-corrected chi connectivity index (χ2v) is 20.1. The molecule has 6 rings (SSSR count). The van der Waals surface area contributed by atoms with Crippen LogP contribution in [0.1, 0.15) is 123 Å². The Morgan fingerprint density at radius 1 is 0.971 bits per heavy atom. The molecule has 5 aromatic rings. The third kappa shape index (κ3) is 14.1. The number of amides is 4. The van der Waals surface area contributed by atoms with E-state index in [0.29, 0.717) is 67.3 Å². The number of thiazole rings is 1. The van der Waals surface area contributed by atoms with Gasteiger partial charge in [0.1, 0.15) is 34.4 Å². The van der Waals surface area contributed by atoms with Gasteiger partial charge in [-0.15, -0.1) is 11.3 Å². The Balaban J connectivity index is 0.873. The zero-order valence-corrected chi connectivity index (χ0v) is 42.1. The molecule has 5 heterocycles. The van der Waals surface area contributed by atoms with Crippen molar-refractivity contribution in [3.63, 3.8) is 0 Å². The predicted molar refractivity (Wildman–Crippen MR) is 266 cm³/mol. The molecule has 0 bridgehead atoms. The minimum Gasteiger partial charge on any atom is -0.490 e. The lowest BCUT2D eigenvalue weighted by atomic mass is 9.85. The Hall–Kier alpha value is -6.43. The van der Waals surface area contributed by atoms with Crippen LogP contribution >= 0.6 is 11.3 Å². The maximum atomic E-state index is 14.0. The maximum Gasteiger partial charge on any atom is 0.246 e. The first-order valence-electron chi connectivity index (χ1n) is 24.0. The third-order valence-electron chi connectivity index (χ3n) is 11.9. The van der Waals surface area contributed by atoms with E-state index in [1.54, 1.807) is 31.4 Å². The van der Waals surface area contributed by atoms with Gasteiger partial charge in [-0.05, 0) is 86.2 Å². The van der Waals surface area contributed by atoms with E-state index in [1.807, 2.05) is 69.0 Å². The predicted octanol–water partition coefficient (Wildman–Crippen LogP) is 5.45. The van der Waals surface area contributed by atoms with E-state index < -0.39 is 35.1 Å². The van der Waals surface area contributed by atoms with E-state index >= 15 is 0 Å². The summed E-state index contributed by atoms with van der Waals surface area (Å²) in [4.78, 5) is 69.2. The van der Waals surface area contributed by atoms with Gasteiger partial charge in [0.25, 0.3) is 0 Å². The average Bonchev–Trinajstić information content (AvgIpc) is 4.13. The number of pyridine rings is 1. The van der Waals surface area contributed by atoms with E-state index in [1.165, 1.54) is 4.90 Å². The van der Waals surface area contributed by atoms with Crippen molar-refractivity contribution < 1.29 is 38.8 Å². The number of likely N-dealkylation sites (tertiary alicyclic amines) is 1. The first-order valence-corrected chi connectivity index (χ1v) is 24.9. The maximum absolute atomic E-state index is 14.0. The third-order valence-corrected chi connectivity index (χ3v) is 12.9. The summed E-state index contributed by atoms with van der Waals surface area (Å²) in [6.07, 6.45) is 6.73. The number of ether oxygens (including phenoxy) is 1. The van der Waals surface area contributed by atoms with Crippen LogP contribution in [0.25, 0.3) is 33.0 Å². The fourth-order valence-electron chi connectivity index (χ4n) is 8.20. The molecule has 1 aliphatic heterocycles. The van der Waals surface area contributed by atoms with Gasteiger partial charge in [0.2, 0.25) is 23.6 Å². The summed E-state index contributed by atoms with van der Waals surface area (Å²) in [5, 5.41) is 37.2. The highest BCUT2D eigenvalue weighted by atomic mass is 32.1. The van der Waals surface area contributed by atoms with Crippen molar-refractivity contribution in [2.24, 2.45) is 5.41 Å². The highest BCUT2D eigenvalue weighted by Gasteiger charge is 2.44. The molecule has 0 radical (unpaired) electrons. The van der Waals surface area contributed by atoms with Crippen LogP contribution in [-0.2, 0) is 32.3 Å². The molecular formula is C50H67N11O8S. The fourth-order valence-corrected chi connectivity index (χ4v) is 9.01. The number of aliphatic hydroxyl groups is 2. The molecule has 0 aliphatic carbocycles. The van der Waals surface area contributed by atoms with Gasteiger partial charge in [-0.3, -0.25) is 19.2 Å². The number of β-amino-alcohol motifs (C(OH)–C–C–N with tert-alkyl or cyclic N) is 1. The number of nitrogen functional groups attached to an aromatic ring is 1. The molecule has 1 fully saturated rings. The normalized spacial score (nSPS) is 15.4. The number of imidazole rings is 1. The van der Waals surface area contributed by atoms with Crippen molar-refractivity contribution >= 4 is 51.8 Å². The number of nitrogens with zero attached hydrogens (tertiary/aromatic N) is 7. The second-order valence-electron chi connectivity index (χ2n) is 19.3. The summed E-state index contributed by atoms with van der Waals surface area (Å²) in [6, 6.07) is 6.08. The van der Waals surface area contributed by atoms with Gasteiger partial charge in [0.05, 0.1) is 35.0 Å². The minimum atomic E-state index is -1.23. The number of anilines is 1. The molecule has 1 aromatic carbocycles. The van der Waals surface area contributed by atoms with Crippen molar-refractivity contribution in [1.29, 1.82) is 0 Å².